The van der Waals surface area contributed by atoms with E-state index in [-0.39, 0.29) is 25.7 Å². The number of hydrogen-bond acceptors (Lipinski definition) is 15. The lowest BCUT2D eigenvalue weighted by Crippen LogP contribution is -2.30. The summed E-state index contributed by atoms with van der Waals surface area (Å²) in [5.74, 6) is -1.32. The number of ether oxygens (including phenoxy) is 4. The molecule has 2 unspecified atom stereocenters. The highest BCUT2D eigenvalue weighted by Gasteiger charge is 2.30. The minimum Gasteiger partial charge on any atom is -0.462 e. The molecule has 0 aromatic carbocycles. The first-order valence-electron chi connectivity index (χ1n) is 40.6. The summed E-state index contributed by atoms with van der Waals surface area (Å²) in [4.78, 5) is 72.8. The minimum absolute atomic E-state index is 0.107. The van der Waals surface area contributed by atoms with Gasteiger partial charge in [-0.15, -0.1) is 0 Å². The van der Waals surface area contributed by atoms with Gasteiger partial charge in [0.1, 0.15) is 19.3 Å². The van der Waals surface area contributed by atoms with Gasteiger partial charge in [0.2, 0.25) is 0 Å². The third kappa shape index (κ3) is 72.2. The van der Waals surface area contributed by atoms with Gasteiger partial charge < -0.3 is 33.8 Å². The molecule has 97 heavy (non-hydrogen) atoms. The maximum Gasteiger partial charge on any atom is 0.472 e. The zero-order valence-electron chi connectivity index (χ0n) is 63.2. The van der Waals surface area contributed by atoms with Crippen molar-refractivity contribution in [2.24, 2.45) is 5.92 Å². The van der Waals surface area contributed by atoms with Crippen LogP contribution in [0.4, 0.5) is 0 Å². The largest absolute Gasteiger partial charge is 0.472 e. The van der Waals surface area contributed by atoms with Gasteiger partial charge in [-0.05, 0) is 31.6 Å². The zero-order chi connectivity index (χ0) is 71.2. The maximum absolute atomic E-state index is 13.1. The third-order valence-electron chi connectivity index (χ3n) is 18.3. The Kier molecular flexibility index (Phi) is 69.6. The van der Waals surface area contributed by atoms with Crippen molar-refractivity contribution in [1.29, 1.82) is 0 Å². The second-order valence-electron chi connectivity index (χ2n) is 28.6. The van der Waals surface area contributed by atoms with E-state index in [1.54, 1.807) is 0 Å². The molecule has 0 saturated carbocycles. The number of unbranched alkanes of at least 4 members (excludes halogenated alkanes) is 50. The fourth-order valence-corrected chi connectivity index (χ4v) is 13.6. The van der Waals surface area contributed by atoms with Gasteiger partial charge in [0, 0.05) is 25.7 Å². The quantitative estimate of drug-likeness (QED) is 0.0222. The maximum atomic E-state index is 13.1. The highest BCUT2D eigenvalue weighted by molar-refractivity contribution is 7.47. The SMILES string of the molecule is CCCCCCCCCCCCCCCCCCCCCCCC(=O)O[C@H](COC(=O)CCCCCCCCCCCCCCCC(C)C)COP(=O)(O)OC[C@@H](O)COP(=O)(O)OC[C@@H](COC(=O)CCCCCCCCCC)OC(=O)CCCCCCCCCCCCCC. The summed E-state index contributed by atoms with van der Waals surface area (Å²) >= 11 is 0. The number of aliphatic hydroxyl groups excluding tert-OH is 1. The second-order valence-corrected chi connectivity index (χ2v) is 31.5. The highest BCUT2D eigenvalue weighted by Crippen LogP contribution is 2.45. The first kappa shape index (κ1) is 95.1. The summed E-state index contributed by atoms with van der Waals surface area (Å²) < 4.78 is 68.5. The average molecular weight is 1420 g/mol. The van der Waals surface area contributed by atoms with Crippen molar-refractivity contribution in [2.45, 2.75) is 432 Å². The van der Waals surface area contributed by atoms with Gasteiger partial charge in [-0.2, -0.15) is 0 Å². The van der Waals surface area contributed by atoms with E-state index in [1.807, 2.05) is 0 Å². The molecule has 0 rings (SSSR count). The van der Waals surface area contributed by atoms with Crippen molar-refractivity contribution in [3.05, 3.63) is 0 Å². The van der Waals surface area contributed by atoms with Gasteiger partial charge in [-0.25, -0.2) is 9.13 Å². The molecule has 17 nitrogen and oxygen atoms in total. The predicted octanol–water partition coefficient (Wildman–Crippen LogP) is 23.3. The van der Waals surface area contributed by atoms with Crippen molar-refractivity contribution < 1.29 is 80.2 Å². The summed E-state index contributed by atoms with van der Waals surface area (Å²) in [6.07, 6.45) is 61.2. The van der Waals surface area contributed by atoms with E-state index >= 15 is 0 Å². The van der Waals surface area contributed by atoms with E-state index in [4.69, 9.17) is 37.0 Å². The Morgan fingerprint density at radius 2 is 0.474 bits per heavy atom. The molecule has 19 heteroatoms. The molecule has 5 atom stereocenters. The van der Waals surface area contributed by atoms with Gasteiger partial charge in [0.05, 0.1) is 26.4 Å². The van der Waals surface area contributed by atoms with E-state index in [1.165, 1.54) is 231 Å². The fourth-order valence-electron chi connectivity index (χ4n) is 12.1. The topological polar surface area (TPSA) is 237 Å². The summed E-state index contributed by atoms with van der Waals surface area (Å²) in [5, 5.41) is 10.6. The van der Waals surface area contributed by atoms with Gasteiger partial charge >= 0.3 is 39.5 Å². The van der Waals surface area contributed by atoms with Crippen LogP contribution < -0.4 is 0 Å². The van der Waals surface area contributed by atoms with E-state index in [0.29, 0.717) is 25.7 Å². The molecule has 0 fully saturated rings. The molecule has 576 valence electrons. The Labute approximate surface area is 594 Å². The lowest BCUT2D eigenvalue weighted by Gasteiger charge is -2.21. The second kappa shape index (κ2) is 71.1. The predicted molar refractivity (Wildman–Crippen MR) is 395 cm³/mol. The molecule has 0 bridgehead atoms. The molecular weight excluding hydrogens is 1270 g/mol. The Bertz CT molecular complexity index is 1860. The van der Waals surface area contributed by atoms with Crippen molar-refractivity contribution >= 4 is 39.5 Å². The van der Waals surface area contributed by atoms with Gasteiger partial charge in [-0.1, -0.05) is 362 Å². The van der Waals surface area contributed by atoms with Crippen molar-refractivity contribution in [1.82, 2.24) is 0 Å². The average Bonchev–Trinajstić information content (AvgIpc) is 1.33. The van der Waals surface area contributed by atoms with Crippen LogP contribution in [0.2, 0.25) is 0 Å². The Balaban J connectivity index is 5.18. The summed E-state index contributed by atoms with van der Waals surface area (Å²) in [6.45, 7) is 7.30. The molecule has 0 radical (unpaired) electrons. The molecule has 0 heterocycles. The third-order valence-corrected chi connectivity index (χ3v) is 20.2. The van der Waals surface area contributed by atoms with E-state index < -0.39 is 97.5 Å². The first-order chi connectivity index (χ1) is 47.0. The molecule has 0 aliphatic heterocycles. The van der Waals surface area contributed by atoms with Crippen LogP contribution in [0.1, 0.15) is 413 Å². The van der Waals surface area contributed by atoms with Crippen LogP contribution in [0.15, 0.2) is 0 Å². The Hall–Kier alpha value is -1.94. The van der Waals surface area contributed by atoms with Crippen molar-refractivity contribution in [2.75, 3.05) is 39.6 Å². The summed E-state index contributed by atoms with van der Waals surface area (Å²) in [6, 6.07) is 0. The number of hydrogen-bond donors (Lipinski definition) is 3. The smallest absolute Gasteiger partial charge is 0.462 e. The molecule has 3 N–H and O–H groups in total. The lowest BCUT2D eigenvalue weighted by molar-refractivity contribution is -0.161. The van der Waals surface area contributed by atoms with E-state index in [0.717, 1.165) is 102 Å². The van der Waals surface area contributed by atoms with Crippen LogP contribution >= 0.6 is 15.6 Å². The number of carbonyl (C=O) groups is 4. The molecule has 0 aromatic rings. The fraction of sp³-hybridized carbons (Fsp3) is 0.949. The minimum atomic E-state index is -4.96. The monoisotopic (exact) mass is 1420 g/mol. The Morgan fingerprint density at radius 1 is 0.278 bits per heavy atom. The van der Waals surface area contributed by atoms with Crippen molar-refractivity contribution in [3.63, 3.8) is 0 Å². The van der Waals surface area contributed by atoms with Crippen LogP contribution in [0, 0.1) is 5.92 Å². The molecule has 0 amide bonds. The molecule has 0 aromatic heterocycles. The molecule has 0 aliphatic rings. The Morgan fingerprint density at radius 3 is 0.701 bits per heavy atom. The number of aliphatic hydroxyl groups is 1. The molecule has 0 spiro atoms. The number of phosphoric ester groups is 2. The van der Waals surface area contributed by atoms with Crippen LogP contribution in [-0.4, -0.2) is 96.7 Å². The van der Waals surface area contributed by atoms with E-state index in [2.05, 4.69) is 34.6 Å². The van der Waals surface area contributed by atoms with Crippen molar-refractivity contribution in [3.8, 4) is 0 Å². The van der Waals surface area contributed by atoms with Gasteiger partial charge in [-0.3, -0.25) is 37.3 Å². The number of carbonyl (C=O) groups excluding carboxylic acids is 4. The van der Waals surface area contributed by atoms with E-state index in [9.17, 15) is 43.2 Å². The number of esters is 4. The molecular formula is C78H152O17P2. The standard InChI is InChI=1S/C78H152O17P2/c1-6-9-12-15-18-21-23-25-26-27-28-29-30-31-32-35-40-44-49-54-59-64-78(83)95-74(68-89-76(81)62-57-52-47-42-39-36-33-34-37-41-45-50-55-60-71(4)5)70-93-97(86,87)91-66-72(79)65-90-96(84,85)92-69-73(67-88-75(80)61-56-51-46-20-17-14-11-8-3)94-77(82)63-58-53-48-43-38-24-22-19-16-13-10-7-2/h71-74,79H,6-70H2,1-5H3,(H,84,85)(H,86,87)/t72-,73+,74+/m0/s1. The molecule has 0 aliphatic carbocycles. The summed E-state index contributed by atoms with van der Waals surface area (Å²) in [5.41, 5.74) is 0. The van der Waals surface area contributed by atoms with Gasteiger partial charge in [0.25, 0.3) is 0 Å². The van der Waals surface area contributed by atoms with Crippen LogP contribution in [0.3, 0.4) is 0 Å². The normalized spacial score (nSPS) is 13.9. The van der Waals surface area contributed by atoms with Crippen LogP contribution in [0.5, 0.6) is 0 Å². The number of phosphoric acid groups is 2. The molecule has 0 saturated heterocycles. The lowest BCUT2D eigenvalue weighted by atomic mass is 10.0. The van der Waals surface area contributed by atoms with Crippen LogP contribution in [-0.2, 0) is 65.4 Å². The highest BCUT2D eigenvalue weighted by atomic mass is 31.2. The number of rotatable bonds is 78. The first-order valence-corrected chi connectivity index (χ1v) is 43.6. The van der Waals surface area contributed by atoms with Gasteiger partial charge in [0.15, 0.2) is 12.2 Å². The summed E-state index contributed by atoms with van der Waals surface area (Å²) in [7, 11) is -9.91. The van der Waals surface area contributed by atoms with Crippen LogP contribution in [0.25, 0.3) is 0 Å². The zero-order valence-corrected chi connectivity index (χ0v) is 65.0.